The summed E-state index contributed by atoms with van der Waals surface area (Å²) in [6.45, 7) is 0.984. The molecule has 0 bridgehead atoms. The molecule has 1 spiro atoms. The lowest BCUT2D eigenvalue weighted by molar-refractivity contribution is -0.00929. The van der Waals surface area contributed by atoms with Gasteiger partial charge in [0.1, 0.15) is 0 Å². The maximum atomic E-state index is 14.2. The molecule has 1 aliphatic heterocycles. The zero-order valence-corrected chi connectivity index (χ0v) is 20.2. The average Bonchev–Trinajstić information content (AvgIpc) is 3.17. The molecule has 1 saturated heterocycles. The lowest BCUT2D eigenvalue weighted by Gasteiger charge is -2.44. The number of amides is 2. The van der Waals surface area contributed by atoms with E-state index in [2.05, 4.69) is 16.4 Å². The number of aromatic nitrogens is 1. The Labute approximate surface area is 209 Å². The van der Waals surface area contributed by atoms with Crippen molar-refractivity contribution in [2.75, 3.05) is 27.3 Å². The number of ether oxygens (including phenoxy) is 2. The summed E-state index contributed by atoms with van der Waals surface area (Å²) in [5, 5.41) is 3.18. The normalized spacial score (nSPS) is 20.1. The number of hydrogen-bond donors (Lipinski definition) is 1. The van der Waals surface area contributed by atoms with Crippen LogP contribution in [-0.2, 0) is 10.2 Å². The van der Waals surface area contributed by atoms with Gasteiger partial charge in [0.2, 0.25) is 0 Å². The number of benzene rings is 2. The molecule has 8 heteroatoms. The molecule has 1 fully saturated rings. The summed E-state index contributed by atoms with van der Waals surface area (Å²) in [6.07, 6.45) is 4.21. The minimum Gasteiger partial charge on any atom is -0.494 e. The number of piperidine rings is 1. The second-order valence-corrected chi connectivity index (χ2v) is 9.23. The smallest absolute Gasteiger partial charge is 0.253 e. The second-order valence-electron chi connectivity index (χ2n) is 9.23. The molecular formula is C28H28FN3O4. The van der Waals surface area contributed by atoms with E-state index >= 15 is 0 Å². The molecule has 3 aromatic rings. The van der Waals surface area contributed by atoms with Gasteiger partial charge in [-0.3, -0.25) is 14.6 Å². The molecule has 2 aliphatic rings. The molecule has 0 unspecified atom stereocenters. The van der Waals surface area contributed by atoms with Crippen LogP contribution in [0.25, 0.3) is 0 Å². The predicted molar refractivity (Wildman–Crippen MR) is 131 cm³/mol. The average molecular weight is 490 g/mol. The summed E-state index contributed by atoms with van der Waals surface area (Å²) >= 11 is 0. The SMILES string of the molecule is COc1ccc(C(=O)N2CCC3(CC2)c2ccccc2[C@@H](NC(=O)c2ccncc2)[C@@H]3OC)cc1F. The van der Waals surface area contributed by atoms with Crippen LogP contribution in [0.4, 0.5) is 4.39 Å². The van der Waals surface area contributed by atoms with Crippen LogP contribution in [-0.4, -0.2) is 55.1 Å². The number of pyridine rings is 1. The molecule has 5 rings (SSSR count). The fourth-order valence-electron chi connectivity index (χ4n) is 5.74. The number of likely N-dealkylation sites (tertiary alicyclic amines) is 1. The van der Waals surface area contributed by atoms with Crippen molar-refractivity contribution < 1.29 is 23.5 Å². The molecule has 2 heterocycles. The summed E-state index contributed by atoms with van der Waals surface area (Å²) in [5.74, 6) is -0.858. The first-order chi connectivity index (χ1) is 17.5. The van der Waals surface area contributed by atoms with Crippen molar-refractivity contribution in [3.05, 3.63) is 95.1 Å². The molecule has 2 atom stereocenters. The van der Waals surface area contributed by atoms with E-state index in [1.54, 1.807) is 42.6 Å². The van der Waals surface area contributed by atoms with Gasteiger partial charge in [0.25, 0.3) is 11.8 Å². The van der Waals surface area contributed by atoms with Crippen molar-refractivity contribution in [1.29, 1.82) is 0 Å². The lowest BCUT2D eigenvalue weighted by atomic mass is 9.71. The van der Waals surface area contributed by atoms with Crippen LogP contribution in [0.1, 0.15) is 50.7 Å². The Kier molecular flexibility index (Phi) is 6.45. The van der Waals surface area contributed by atoms with E-state index in [4.69, 9.17) is 9.47 Å². The molecule has 1 N–H and O–H groups in total. The minimum atomic E-state index is -0.561. The van der Waals surface area contributed by atoms with Crippen molar-refractivity contribution in [3.8, 4) is 5.75 Å². The van der Waals surface area contributed by atoms with Crippen LogP contribution in [0.2, 0.25) is 0 Å². The molecule has 1 aromatic heterocycles. The summed E-state index contributed by atoms with van der Waals surface area (Å²) in [7, 11) is 3.06. The maximum Gasteiger partial charge on any atom is 0.253 e. The van der Waals surface area contributed by atoms with E-state index in [0.29, 0.717) is 37.1 Å². The summed E-state index contributed by atoms with van der Waals surface area (Å²) in [6, 6.07) is 15.4. The van der Waals surface area contributed by atoms with Crippen LogP contribution in [0.3, 0.4) is 0 Å². The fraction of sp³-hybridized carbons (Fsp3) is 0.321. The van der Waals surface area contributed by atoms with Crippen LogP contribution in [0.15, 0.2) is 67.0 Å². The van der Waals surface area contributed by atoms with E-state index in [9.17, 15) is 14.0 Å². The molecule has 0 saturated carbocycles. The standard InChI is InChI=1S/C28H28FN3O4/c1-35-23-8-7-19(17-22(23)29)27(34)32-15-11-28(12-16-32)21-6-4-3-5-20(21)24(25(28)36-2)31-26(33)18-9-13-30-14-10-18/h3-10,13-14,17,24-25H,11-12,15-16H2,1-2H3,(H,31,33)/t24-,25+/m1/s1. The Hall–Kier alpha value is -3.78. The van der Waals surface area contributed by atoms with E-state index in [-0.39, 0.29) is 35.1 Å². The number of carbonyl (C=O) groups excluding carboxylic acids is 2. The number of carbonyl (C=O) groups is 2. The molecule has 0 radical (unpaired) electrons. The van der Waals surface area contributed by atoms with Crippen molar-refractivity contribution in [2.45, 2.75) is 30.4 Å². The van der Waals surface area contributed by atoms with Crippen molar-refractivity contribution in [1.82, 2.24) is 15.2 Å². The zero-order chi connectivity index (χ0) is 25.3. The monoisotopic (exact) mass is 489 g/mol. The largest absolute Gasteiger partial charge is 0.494 e. The van der Waals surface area contributed by atoms with E-state index in [1.807, 2.05) is 18.2 Å². The highest BCUT2D eigenvalue weighted by atomic mass is 19.1. The van der Waals surface area contributed by atoms with E-state index in [0.717, 1.165) is 11.1 Å². The number of fused-ring (bicyclic) bond motifs is 2. The Morgan fingerprint density at radius 3 is 2.42 bits per heavy atom. The van der Waals surface area contributed by atoms with Gasteiger partial charge in [-0.25, -0.2) is 4.39 Å². The van der Waals surface area contributed by atoms with Crippen LogP contribution >= 0.6 is 0 Å². The molecule has 2 amide bonds. The van der Waals surface area contributed by atoms with Crippen molar-refractivity contribution >= 4 is 11.8 Å². The first-order valence-electron chi connectivity index (χ1n) is 11.9. The number of nitrogens with zero attached hydrogens (tertiary/aromatic N) is 2. The van der Waals surface area contributed by atoms with E-state index < -0.39 is 5.82 Å². The van der Waals surface area contributed by atoms with E-state index in [1.165, 1.54) is 19.2 Å². The number of hydrogen-bond acceptors (Lipinski definition) is 5. The summed E-state index contributed by atoms with van der Waals surface area (Å²) in [5.41, 5.74) is 2.64. The van der Waals surface area contributed by atoms with Gasteiger partial charge in [0.05, 0.1) is 19.3 Å². The summed E-state index contributed by atoms with van der Waals surface area (Å²) < 4.78 is 25.2. The highest BCUT2D eigenvalue weighted by Gasteiger charge is 2.54. The number of halogens is 1. The topological polar surface area (TPSA) is 80.8 Å². The quantitative estimate of drug-likeness (QED) is 0.588. The van der Waals surface area contributed by atoms with Gasteiger partial charge in [0.15, 0.2) is 11.6 Å². The number of nitrogens with one attached hydrogen (secondary N) is 1. The van der Waals surface area contributed by atoms with Crippen molar-refractivity contribution in [3.63, 3.8) is 0 Å². The Balaban J connectivity index is 1.39. The molecule has 2 aromatic carbocycles. The first kappa shape index (κ1) is 23.9. The third-order valence-electron chi connectivity index (χ3n) is 7.50. The zero-order valence-electron chi connectivity index (χ0n) is 20.2. The number of rotatable bonds is 5. The van der Waals surface area contributed by atoms with Crippen LogP contribution in [0.5, 0.6) is 5.75 Å². The number of methoxy groups -OCH3 is 2. The highest BCUT2D eigenvalue weighted by molar-refractivity contribution is 5.95. The third kappa shape index (κ3) is 4.01. The van der Waals surface area contributed by atoms with Gasteiger partial charge >= 0.3 is 0 Å². The van der Waals surface area contributed by atoms with Gasteiger partial charge in [-0.2, -0.15) is 0 Å². The van der Waals surface area contributed by atoms with Crippen molar-refractivity contribution in [2.24, 2.45) is 0 Å². The van der Waals surface area contributed by atoms with Crippen LogP contribution in [0, 0.1) is 5.82 Å². The first-order valence-corrected chi connectivity index (χ1v) is 11.9. The van der Waals surface area contributed by atoms with Gasteiger partial charge in [-0.15, -0.1) is 0 Å². The van der Waals surface area contributed by atoms with Gasteiger partial charge in [0, 0.05) is 49.1 Å². The van der Waals surface area contributed by atoms with Crippen LogP contribution < -0.4 is 10.1 Å². The maximum absolute atomic E-state index is 14.2. The predicted octanol–water partition coefficient (Wildman–Crippen LogP) is 3.90. The second kappa shape index (κ2) is 9.70. The Morgan fingerprint density at radius 1 is 1.03 bits per heavy atom. The highest BCUT2D eigenvalue weighted by Crippen LogP contribution is 2.52. The molecule has 186 valence electrons. The third-order valence-corrected chi connectivity index (χ3v) is 7.50. The molecule has 1 aliphatic carbocycles. The van der Waals surface area contributed by atoms with Gasteiger partial charge < -0.3 is 19.7 Å². The summed E-state index contributed by atoms with van der Waals surface area (Å²) in [4.78, 5) is 31.9. The Morgan fingerprint density at radius 2 is 1.75 bits per heavy atom. The van der Waals surface area contributed by atoms with Gasteiger partial charge in [-0.1, -0.05) is 24.3 Å². The molecule has 7 nitrogen and oxygen atoms in total. The van der Waals surface area contributed by atoms with Gasteiger partial charge in [-0.05, 0) is 54.3 Å². The fourth-order valence-corrected chi connectivity index (χ4v) is 5.74. The Bertz CT molecular complexity index is 1270. The molecular weight excluding hydrogens is 461 g/mol. The lowest BCUT2D eigenvalue weighted by Crippen LogP contribution is -2.51. The minimum absolute atomic E-state index is 0.106. The molecule has 36 heavy (non-hydrogen) atoms.